The number of hydrogen-bond donors (Lipinski definition) is 2. The van der Waals surface area contributed by atoms with Crippen LogP contribution in [-0.4, -0.2) is 25.0 Å². The maximum absolute atomic E-state index is 12.2. The van der Waals surface area contributed by atoms with Gasteiger partial charge in [-0.3, -0.25) is 4.79 Å². The lowest BCUT2D eigenvalue weighted by molar-refractivity contribution is -0.126. The number of rotatable bonds is 4. The van der Waals surface area contributed by atoms with E-state index in [9.17, 15) is 4.79 Å². The molecule has 1 saturated heterocycles. The van der Waals surface area contributed by atoms with Gasteiger partial charge < -0.3 is 10.6 Å². The zero-order valence-corrected chi connectivity index (χ0v) is 13.0. The SMILES string of the molecule is CC1(C)CCCNC1C(=O)NCCc1ccc(Cl)s1. The third kappa shape index (κ3) is 3.94. The van der Waals surface area contributed by atoms with Crippen LogP contribution in [0.4, 0.5) is 0 Å². The van der Waals surface area contributed by atoms with Crippen molar-refractivity contribution < 1.29 is 4.79 Å². The third-order valence-corrected chi connectivity index (χ3v) is 4.98. The Morgan fingerprint density at radius 1 is 1.58 bits per heavy atom. The Bertz CT molecular complexity index is 444. The molecule has 2 heterocycles. The average Bonchev–Trinajstić information content (AvgIpc) is 2.74. The smallest absolute Gasteiger partial charge is 0.237 e. The van der Waals surface area contributed by atoms with Crippen molar-refractivity contribution in [2.24, 2.45) is 5.41 Å². The molecule has 1 aliphatic rings. The molecular weight excluding hydrogens is 280 g/mol. The lowest BCUT2D eigenvalue weighted by Crippen LogP contribution is -2.55. The molecule has 1 atom stereocenters. The van der Waals surface area contributed by atoms with Gasteiger partial charge in [-0.25, -0.2) is 0 Å². The minimum Gasteiger partial charge on any atom is -0.354 e. The van der Waals surface area contributed by atoms with Crippen molar-refractivity contribution >= 4 is 28.8 Å². The van der Waals surface area contributed by atoms with E-state index in [4.69, 9.17) is 11.6 Å². The van der Waals surface area contributed by atoms with Gasteiger partial charge in [-0.2, -0.15) is 0 Å². The molecule has 2 rings (SSSR count). The zero-order chi connectivity index (χ0) is 13.9. The maximum atomic E-state index is 12.2. The third-order valence-electron chi connectivity index (χ3n) is 3.69. The molecule has 106 valence electrons. The summed E-state index contributed by atoms with van der Waals surface area (Å²) >= 11 is 7.46. The normalized spacial score (nSPS) is 22.2. The van der Waals surface area contributed by atoms with Crippen LogP contribution in [0.3, 0.4) is 0 Å². The molecule has 1 fully saturated rings. The van der Waals surface area contributed by atoms with Crippen LogP contribution in [-0.2, 0) is 11.2 Å². The van der Waals surface area contributed by atoms with Crippen molar-refractivity contribution in [1.29, 1.82) is 0 Å². The summed E-state index contributed by atoms with van der Waals surface area (Å²) in [6.07, 6.45) is 3.08. The van der Waals surface area contributed by atoms with Crippen molar-refractivity contribution in [1.82, 2.24) is 10.6 Å². The van der Waals surface area contributed by atoms with Crippen LogP contribution in [0.25, 0.3) is 0 Å². The van der Waals surface area contributed by atoms with Gasteiger partial charge in [-0.05, 0) is 43.4 Å². The Morgan fingerprint density at radius 2 is 2.37 bits per heavy atom. The highest BCUT2D eigenvalue weighted by atomic mass is 35.5. The first-order valence-electron chi connectivity index (χ1n) is 6.74. The fraction of sp³-hybridized carbons (Fsp3) is 0.643. The fourth-order valence-corrected chi connectivity index (χ4v) is 3.64. The number of nitrogens with one attached hydrogen (secondary N) is 2. The van der Waals surface area contributed by atoms with E-state index >= 15 is 0 Å². The van der Waals surface area contributed by atoms with Crippen molar-refractivity contribution in [2.45, 2.75) is 39.2 Å². The Balaban J connectivity index is 1.80. The summed E-state index contributed by atoms with van der Waals surface area (Å²) in [6, 6.07) is 3.84. The predicted molar refractivity (Wildman–Crippen MR) is 80.8 cm³/mol. The zero-order valence-electron chi connectivity index (χ0n) is 11.5. The van der Waals surface area contributed by atoms with E-state index in [0.29, 0.717) is 6.54 Å². The fourth-order valence-electron chi connectivity index (χ4n) is 2.56. The molecule has 1 unspecified atom stereocenters. The van der Waals surface area contributed by atoms with Gasteiger partial charge in [0.1, 0.15) is 0 Å². The number of hydrogen-bond acceptors (Lipinski definition) is 3. The van der Waals surface area contributed by atoms with Crippen LogP contribution in [0.15, 0.2) is 12.1 Å². The van der Waals surface area contributed by atoms with Crippen LogP contribution in [0.2, 0.25) is 4.34 Å². The van der Waals surface area contributed by atoms with Gasteiger partial charge in [0.15, 0.2) is 0 Å². The Hall–Kier alpha value is -0.580. The van der Waals surface area contributed by atoms with Crippen LogP contribution in [0.5, 0.6) is 0 Å². The van der Waals surface area contributed by atoms with Crippen molar-refractivity contribution in [3.63, 3.8) is 0 Å². The second-order valence-electron chi connectivity index (χ2n) is 5.73. The van der Waals surface area contributed by atoms with Crippen molar-refractivity contribution in [3.05, 3.63) is 21.3 Å². The van der Waals surface area contributed by atoms with Crippen LogP contribution in [0, 0.1) is 5.41 Å². The van der Waals surface area contributed by atoms with Crippen molar-refractivity contribution in [3.8, 4) is 0 Å². The van der Waals surface area contributed by atoms with E-state index in [1.165, 1.54) is 4.88 Å². The van der Waals surface area contributed by atoms with Gasteiger partial charge in [0.25, 0.3) is 0 Å². The number of carbonyl (C=O) groups is 1. The van der Waals surface area contributed by atoms with Crippen LogP contribution in [0.1, 0.15) is 31.6 Å². The van der Waals surface area contributed by atoms with Gasteiger partial charge in [-0.15, -0.1) is 11.3 Å². The second kappa shape index (κ2) is 6.25. The molecule has 5 heteroatoms. The first-order valence-corrected chi connectivity index (χ1v) is 7.94. The standard InChI is InChI=1S/C14H21ClN2OS/c1-14(2)7-3-8-16-12(14)13(18)17-9-6-10-4-5-11(15)19-10/h4-5,12,16H,3,6-9H2,1-2H3,(H,17,18). The lowest BCUT2D eigenvalue weighted by Gasteiger charge is -2.38. The number of amides is 1. The lowest BCUT2D eigenvalue weighted by atomic mass is 9.77. The van der Waals surface area contributed by atoms with E-state index in [0.717, 1.165) is 30.1 Å². The molecule has 3 nitrogen and oxygen atoms in total. The van der Waals surface area contributed by atoms with Gasteiger partial charge in [0, 0.05) is 11.4 Å². The molecule has 0 spiro atoms. The highest BCUT2D eigenvalue weighted by Gasteiger charge is 2.36. The molecule has 1 amide bonds. The molecule has 0 saturated carbocycles. The highest BCUT2D eigenvalue weighted by Crippen LogP contribution is 2.30. The van der Waals surface area contributed by atoms with Crippen LogP contribution >= 0.6 is 22.9 Å². The number of thiophene rings is 1. The summed E-state index contributed by atoms with van der Waals surface area (Å²) < 4.78 is 0.802. The monoisotopic (exact) mass is 300 g/mol. The van der Waals surface area contributed by atoms with Gasteiger partial charge in [0.05, 0.1) is 10.4 Å². The van der Waals surface area contributed by atoms with Gasteiger partial charge >= 0.3 is 0 Å². The molecule has 1 aromatic rings. The Labute approximate surface area is 123 Å². The van der Waals surface area contributed by atoms with Gasteiger partial charge in [0.2, 0.25) is 5.91 Å². The van der Waals surface area contributed by atoms with E-state index in [1.807, 2.05) is 12.1 Å². The average molecular weight is 301 g/mol. The van der Waals surface area contributed by atoms with E-state index in [-0.39, 0.29) is 17.4 Å². The summed E-state index contributed by atoms with van der Waals surface area (Å²) in [6.45, 7) is 5.91. The molecule has 0 radical (unpaired) electrons. The molecule has 19 heavy (non-hydrogen) atoms. The molecule has 1 aromatic heterocycles. The number of carbonyl (C=O) groups excluding carboxylic acids is 1. The maximum Gasteiger partial charge on any atom is 0.237 e. The van der Waals surface area contributed by atoms with Gasteiger partial charge in [-0.1, -0.05) is 25.4 Å². The molecule has 2 N–H and O–H groups in total. The molecule has 0 aromatic carbocycles. The first kappa shape index (κ1) is 14.8. The minimum absolute atomic E-state index is 0.0363. The highest BCUT2D eigenvalue weighted by molar-refractivity contribution is 7.16. The quantitative estimate of drug-likeness (QED) is 0.898. The summed E-state index contributed by atoms with van der Waals surface area (Å²) in [5.74, 6) is 0.118. The molecule has 0 aliphatic carbocycles. The molecule has 0 bridgehead atoms. The first-order chi connectivity index (χ1) is 8.99. The Kier molecular flexibility index (Phi) is 4.87. The molecular formula is C14H21ClN2OS. The summed E-state index contributed by atoms with van der Waals surface area (Å²) in [4.78, 5) is 13.4. The summed E-state index contributed by atoms with van der Waals surface area (Å²) in [5.41, 5.74) is 0.0363. The molecule has 1 aliphatic heterocycles. The topological polar surface area (TPSA) is 41.1 Å². The minimum atomic E-state index is -0.0758. The summed E-state index contributed by atoms with van der Waals surface area (Å²) in [7, 11) is 0. The van der Waals surface area contributed by atoms with E-state index < -0.39 is 0 Å². The van der Waals surface area contributed by atoms with E-state index in [2.05, 4.69) is 24.5 Å². The Morgan fingerprint density at radius 3 is 3.00 bits per heavy atom. The summed E-state index contributed by atoms with van der Waals surface area (Å²) in [5, 5.41) is 6.36. The predicted octanol–water partition coefficient (Wildman–Crippen LogP) is 2.84. The number of halogens is 1. The van der Waals surface area contributed by atoms with Crippen molar-refractivity contribution in [2.75, 3.05) is 13.1 Å². The number of piperidine rings is 1. The second-order valence-corrected chi connectivity index (χ2v) is 7.53. The largest absolute Gasteiger partial charge is 0.354 e. The van der Waals surface area contributed by atoms with Crippen LogP contribution < -0.4 is 10.6 Å². The van der Waals surface area contributed by atoms with E-state index in [1.54, 1.807) is 11.3 Å².